The summed E-state index contributed by atoms with van der Waals surface area (Å²) < 4.78 is 4.71. The quantitative estimate of drug-likeness (QED) is 0.763. The summed E-state index contributed by atoms with van der Waals surface area (Å²) in [5.74, 6) is -0.441. The Hall–Kier alpha value is -2.82. The number of rotatable bonds is 6. The number of hydrogen-bond donors (Lipinski definition) is 2. The van der Waals surface area contributed by atoms with Crippen molar-refractivity contribution in [2.45, 2.75) is 32.6 Å². The fourth-order valence-corrected chi connectivity index (χ4v) is 2.65. The molecule has 0 atom stereocenters. The maximum Gasteiger partial charge on any atom is 0.337 e. The Morgan fingerprint density at radius 3 is 2.46 bits per heavy atom. The smallest absolute Gasteiger partial charge is 0.337 e. The van der Waals surface area contributed by atoms with Gasteiger partial charge < -0.3 is 15.4 Å². The highest BCUT2D eigenvalue weighted by Gasteiger charge is 2.18. The van der Waals surface area contributed by atoms with Crippen molar-refractivity contribution in [3.63, 3.8) is 0 Å². The van der Waals surface area contributed by atoms with E-state index < -0.39 is 0 Å². The Kier molecular flexibility index (Phi) is 6.39. The average molecular weight is 354 g/mol. The zero-order chi connectivity index (χ0) is 19.2. The zero-order valence-electron chi connectivity index (χ0n) is 15.8. The highest BCUT2D eigenvalue weighted by molar-refractivity contribution is 5.92. The van der Waals surface area contributed by atoms with Gasteiger partial charge in [-0.2, -0.15) is 0 Å². The minimum atomic E-state index is -0.384. The summed E-state index contributed by atoms with van der Waals surface area (Å²) in [5.41, 5.74) is 3.15. The van der Waals surface area contributed by atoms with E-state index in [9.17, 15) is 9.59 Å². The van der Waals surface area contributed by atoms with E-state index in [0.29, 0.717) is 18.5 Å². The summed E-state index contributed by atoms with van der Waals surface area (Å²) in [6, 6.07) is 14.9. The molecule has 2 N–H and O–H groups in total. The SMILES string of the molecule is COC(=O)c1cccc(NCCC(=O)Nc2ccccc2C(C)(C)C)c1. The Bertz CT molecular complexity index is 779. The molecule has 0 saturated heterocycles. The molecule has 0 aliphatic carbocycles. The summed E-state index contributed by atoms with van der Waals surface area (Å²) >= 11 is 0. The van der Waals surface area contributed by atoms with Gasteiger partial charge in [0.1, 0.15) is 0 Å². The lowest BCUT2D eigenvalue weighted by Gasteiger charge is -2.23. The Morgan fingerprint density at radius 1 is 1.04 bits per heavy atom. The maximum absolute atomic E-state index is 12.3. The molecule has 2 aromatic carbocycles. The molecule has 0 fully saturated rings. The number of para-hydroxylation sites is 1. The second-order valence-corrected chi connectivity index (χ2v) is 7.09. The fourth-order valence-electron chi connectivity index (χ4n) is 2.65. The molecule has 5 heteroatoms. The first-order chi connectivity index (χ1) is 12.3. The monoisotopic (exact) mass is 354 g/mol. The van der Waals surface area contributed by atoms with Gasteiger partial charge in [-0.25, -0.2) is 4.79 Å². The topological polar surface area (TPSA) is 67.4 Å². The summed E-state index contributed by atoms with van der Waals surface area (Å²) in [7, 11) is 1.35. The summed E-state index contributed by atoms with van der Waals surface area (Å²) in [5, 5.41) is 6.15. The number of anilines is 2. The van der Waals surface area contributed by atoms with E-state index in [0.717, 1.165) is 16.9 Å². The number of nitrogens with one attached hydrogen (secondary N) is 2. The third-order valence-corrected chi connectivity index (χ3v) is 3.97. The van der Waals surface area contributed by atoms with Crippen molar-refractivity contribution in [3.05, 3.63) is 59.7 Å². The van der Waals surface area contributed by atoms with Crippen LogP contribution in [0.5, 0.6) is 0 Å². The molecule has 0 unspecified atom stereocenters. The first kappa shape index (κ1) is 19.5. The molecule has 0 spiro atoms. The van der Waals surface area contributed by atoms with Crippen LogP contribution in [0.25, 0.3) is 0 Å². The molecule has 0 aliphatic rings. The molecular weight excluding hydrogens is 328 g/mol. The summed E-state index contributed by atoms with van der Waals surface area (Å²) in [4.78, 5) is 23.8. The molecule has 5 nitrogen and oxygen atoms in total. The summed E-state index contributed by atoms with van der Waals surface area (Å²) in [6.07, 6.45) is 0.320. The molecule has 0 radical (unpaired) electrons. The van der Waals surface area contributed by atoms with Crippen molar-refractivity contribution < 1.29 is 14.3 Å². The predicted molar refractivity (Wildman–Crippen MR) is 105 cm³/mol. The molecule has 2 aromatic rings. The molecule has 0 bridgehead atoms. The first-order valence-corrected chi connectivity index (χ1v) is 8.63. The lowest BCUT2D eigenvalue weighted by Crippen LogP contribution is -2.20. The van der Waals surface area contributed by atoms with Crippen LogP contribution in [0.3, 0.4) is 0 Å². The lowest BCUT2D eigenvalue weighted by molar-refractivity contribution is -0.115. The van der Waals surface area contributed by atoms with E-state index in [1.807, 2.05) is 30.3 Å². The summed E-state index contributed by atoms with van der Waals surface area (Å²) in [6.45, 7) is 6.82. The van der Waals surface area contributed by atoms with E-state index >= 15 is 0 Å². The van der Waals surface area contributed by atoms with Crippen LogP contribution in [-0.4, -0.2) is 25.5 Å². The van der Waals surface area contributed by atoms with Gasteiger partial charge in [-0.3, -0.25) is 4.79 Å². The van der Waals surface area contributed by atoms with Crippen LogP contribution in [0, 0.1) is 0 Å². The van der Waals surface area contributed by atoms with E-state index in [1.54, 1.807) is 18.2 Å². The Balaban J connectivity index is 1.92. The van der Waals surface area contributed by atoms with E-state index in [-0.39, 0.29) is 17.3 Å². The van der Waals surface area contributed by atoms with Gasteiger partial charge in [0.15, 0.2) is 0 Å². The van der Waals surface area contributed by atoms with Gasteiger partial charge in [0.25, 0.3) is 0 Å². The molecular formula is C21H26N2O3. The highest BCUT2D eigenvalue weighted by atomic mass is 16.5. The second kappa shape index (κ2) is 8.52. The third-order valence-electron chi connectivity index (χ3n) is 3.97. The molecule has 0 heterocycles. The number of carbonyl (C=O) groups is 2. The molecule has 2 rings (SSSR count). The van der Waals surface area contributed by atoms with Crippen LogP contribution in [0.1, 0.15) is 43.1 Å². The third kappa shape index (κ3) is 5.34. The number of methoxy groups -OCH3 is 1. The van der Waals surface area contributed by atoms with Crippen molar-refractivity contribution >= 4 is 23.3 Å². The second-order valence-electron chi connectivity index (χ2n) is 7.09. The molecule has 1 amide bonds. The number of amides is 1. The van der Waals surface area contributed by atoms with Crippen LogP contribution in [0.2, 0.25) is 0 Å². The van der Waals surface area contributed by atoms with E-state index in [4.69, 9.17) is 4.74 Å². The van der Waals surface area contributed by atoms with Crippen molar-refractivity contribution in [1.29, 1.82) is 0 Å². The first-order valence-electron chi connectivity index (χ1n) is 8.63. The number of ether oxygens (including phenoxy) is 1. The number of carbonyl (C=O) groups excluding carboxylic acids is 2. The average Bonchev–Trinajstić information content (AvgIpc) is 2.61. The van der Waals surface area contributed by atoms with Crippen LogP contribution in [0.15, 0.2) is 48.5 Å². The molecule has 0 aliphatic heterocycles. The van der Waals surface area contributed by atoms with Crippen molar-refractivity contribution in [1.82, 2.24) is 0 Å². The van der Waals surface area contributed by atoms with Crippen LogP contribution >= 0.6 is 0 Å². The minimum Gasteiger partial charge on any atom is -0.465 e. The normalized spacial score (nSPS) is 10.9. The molecule has 0 aromatic heterocycles. The van der Waals surface area contributed by atoms with Gasteiger partial charge in [-0.1, -0.05) is 45.0 Å². The van der Waals surface area contributed by atoms with Gasteiger partial charge >= 0.3 is 5.97 Å². The molecule has 138 valence electrons. The van der Waals surface area contributed by atoms with Crippen LogP contribution in [0.4, 0.5) is 11.4 Å². The van der Waals surface area contributed by atoms with Gasteiger partial charge in [0.2, 0.25) is 5.91 Å². The van der Waals surface area contributed by atoms with E-state index in [2.05, 4.69) is 31.4 Å². The van der Waals surface area contributed by atoms with Crippen molar-refractivity contribution in [2.75, 3.05) is 24.3 Å². The molecule has 26 heavy (non-hydrogen) atoms. The van der Waals surface area contributed by atoms with Crippen LogP contribution in [-0.2, 0) is 14.9 Å². The minimum absolute atomic E-state index is 0.0452. The van der Waals surface area contributed by atoms with Gasteiger partial charge in [-0.15, -0.1) is 0 Å². The fraction of sp³-hybridized carbons (Fsp3) is 0.333. The van der Waals surface area contributed by atoms with Crippen molar-refractivity contribution in [2.24, 2.45) is 0 Å². The zero-order valence-corrected chi connectivity index (χ0v) is 15.8. The predicted octanol–water partition coefficient (Wildman–Crippen LogP) is 4.21. The standard InChI is InChI=1S/C21H26N2O3/c1-21(2,3)17-10-5-6-11-18(17)23-19(24)12-13-22-16-9-7-8-15(14-16)20(25)26-4/h5-11,14,22H,12-13H2,1-4H3,(H,23,24). The Labute approximate surface area is 154 Å². The van der Waals surface area contributed by atoms with Crippen molar-refractivity contribution in [3.8, 4) is 0 Å². The Morgan fingerprint density at radius 2 is 1.77 bits per heavy atom. The molecule has 0 saturated carbocycles. The van der Waals surface area contributed by atoms with Gasteiger partial charge in [0, 0.05) is 24.3 Å². The lowest BCUT2D eigenvalue weighted by atomic mass is 9.86. The maximum atomic E-state index is 12.3. The van der Waals surface area contributed by atoms with Crippen LogP contribution < -0.4 is 10.6 Å². The largest absolute Gasteiger partial charge is 0.465 e. The number of esters is 1. The number of hydrogen-bond acceptors (Lipinski definition) is 4. The van der Waals surface area contributed by atoms with E-state index in [1.165, 1.54) is 7.11 Å². The number of benzene rings is 2. The van der Waals surface area contributed by atoms with Gasteiger partial charge in [0.05, 0.1) is 12.7 Å². The van der Waals surface area contributed by atoms with Gasteiger partial charge in [-0.05, 0) is 35.2 Å². The highest BCUT2D eigenvalue weighted by Crippen LogP contribution is 2.29.